The maximum atomic E-state index is 12.1. The fraction of sp³-hybridized carbons (Fsp3) is 0.435. The highest BCUT2D eigenvalue weighted by Gasteiger charge is 2.22. The summed E-state index contributed by atoms with van der Waals surface area (Å²) in [5, 5.41) is 0.984. The van der Waals surface area contributed by atoms with Gasteiger partial charge in [-0.25, -0.2) is 13.4 Å². The van der Waals surface area contributed by atoms with E-state index in [4.69, 9.17) is 4.74 Å². The first-order valence-corrected chi connectivity index (χ1v) is 12.3. The molecule has 2 aromatic heterocycles. The van der Waals surface area contributed by atoms with Gasteiger partial charge in [-0.15, -0.1) is 0 Å². The molecule has 0 unspecified atom stereocenters. The Labute approximate surface area is 178 Å². The normalized spacial score (nSPS) is 19.7. The number of nitrogens with one attached hydrogen (secondary N) is 2. The van der Waals surface area contributed by atoms with Gasteiger partial charge in [0.25, 0.3) is 0 Å². The van der Waals surface area contributed by atoms with E-state index in [9.17, 15) is 8.42 Å². The number of nitrogens with zero attached hydrogens (tertiary/aromatic N) is 1. The van der Waals surface area contributed by atoms with E-state index >= 15 is 0 Å². The van der Waals surface area contributed by atoms with Crippen molar-refractivity contribution in [3.63, 3.8) is 0 Å². The second-order valence-corrected chi connectivity index (χ2v) is 10.3. The standard InChI is InChI=1S/C23H29N3O3S/c1-4-30(27,28)26-17-7-10-22(29-18-8-5-15(2)6-9-18)21(14-17)20-13-16(3)25-23-19(20)11-12-24-23/h7,10-15,18,26H,4-6,8-9H2,1-3H3,(H,24,25). The number of hydrogen-bond acceptors (Lipinski definition) is 4. The van der Waals surface area contributed by atoms with Gasteiger partial charge in [0.05, 0.1) is 11.9 Å². The number of benzene rings is 1. The third-order valence-corrected chi connectivity index (χ3v) is 7.14. The molecule has 0 bridgehead atoms. The van der Waals surface area contributed by atoms with Crippen molar-refractivity contribution in [3.8, 4) is 16.9 Å². The van der Waals surface area contributed by atoms with Crippen LogP contribution in [-0.2, 0) is 10.0 Å². The Bertz CT molecular complexity index is 1150. The van der Waals surface area contributed by atoms with E-state index in [0.717, 1.165) is 52.4 Å². The molecule has 0 amide bonds. The molecule has 0 spiro atoms. The molecule has 1 saturated carbocycles. The van der Waals surface area contributed by atoms with E-state index in [-0.39, 0.29) is 11.9 Å². The second-order valence-electron chi connectivity index (χ2n) is 8.27. The zero-order valence-corrected chi connectivity index (χ0v) is 18.6. The number of ether oxygens (including phenoxy) is 1. The predicted molar refractivity (Wildman–Crippen MR) is 121 cm³/mol. The van der Waals surface area contributed by atoms with Gasteiger partial charge in [-0.1, -0.05) is 6.92 Å². The van der Waals surface area contributed by atoms with Gasteiger partial charge >= 0.3 is 0 Å². The predicted octanol–water partition coefficient (Wildman–Crippen LogP) is 5.26. The summed E-state index contributed by atoms with van der Waals surface area (Å²) in [5.41, 5.74) is 4.09. The van der Waals surface area contributed by atoms with Gasteiger partial charge in [0, 0.05) is 28.5 Å². The minimum atomic E-state index is -3.37. The molecule has 6 nitrogen and oxygen atoms in total. The quantitative estimate of drug-likeness (QED) is 0.562. The SMILES string of the molecule is CCS(=O)(=O)Nc1ccc(OC2CCC(C)CC2)c(-c2cc(C)nc3[nH]ccc23)c1. The van der Waals surface area contributed by atoms with Crippen molar-refractivity contribution in [3.05, 3.63) is 42.2 Å². The van der Waals surface area contributed by atoms with Crippen LogP contribution in [0, 0.1) is 12.8 Å². The Balaban J connectivity index is 1.78. The highest BCUT2D eigenvalue weighted by Crippen LogP contribution is 2.39. The number of pyridine rings is 1. The molecule has 1 aromatic carbocycles. The molecule has 3 aromatic rings. The number of hydrogen-bond donors (Lipinski definition) is 2. The summed E-state index contributed by atoms with van der Waals surface area (Å²) in [6.07, 6.45) is 6.48. The zero-order chi connectivity index (χ0) is 21.3. The lowest BCUT2D eigenvalue weighted by molar-refractivity contribution is 0.136. The van der Waals surface area contributed by atoms with Gasteiger partial charge in [-0.2, -0.15) is 0 Å². The molecule has 160 valence electrons. The maximum Gasteiger partial charge on any atom is 0.232 e. The Kier molecular flexibility index (Phi) is 5.73. The average Bonchev–Trinajstić information content (AvgIpc) is 3.18. The van der Waals surface area contributed by atoms with Crippen molar-refractivity contribution in [1.82, 2.24) is 9.97 Å². The smallest absolute Gasteiger partial charge is 0.232 e. The van der Waals surface area contributed by atoms with Crippen LogP contribution >= 0.6 is 0 Å². The number of aromatic amines is 1. The highest BCUT2D eigenvalue weighted by molar-refractivity contribution is 7.92. The monoisotopic (exact) mass is 427 g/mol. The molecular formula is C23H29N3O3S. The molecule has 7 heteroatoms. The van der Waals surface area contributed by atoms with Crippen molar-refractivity contribution < 1.29 is 13.2 Å². The van der Waals surface area contributed by atoms with E-state index in [1.54, 1.807) is 13.0 Å². The molecule has 30 heavy (non-hydrogen) atoms. The van der Waals surface area contributed by atoms with E-state index < -0.39 is 10.0 Å². The number of aromatic nitrogens is 2. The van der Waals surface area contributed by atoms with Gasteiger partial charge < -0.3 is 9.72 Å². The van der Waals surface area contributed by atoms with Gasteiger partial charge in [0.1, 0.15) is 11.4 Å². The van der Waals surface area contributed by atoms with E-state index in [0.29, 0.717) is 5.69 Å². The molecule has 4 rings (SSSR count). The summed E-state index contributed by atoms with van der Waals surface area (Å²) in [7, 11) is -3.37. The Hall–Kier alpha value is -2.54. The molecule has 0 atom stereocenters. The van der Waals surface area contributed by atoms with Gasteiger partial charge in [0.2, 0.25) is 10.0 Å². The molecule has 0 radical (unpaired) electrons. The molecule has 2 heterocycles. The average molecular weight is 428 g/mol. The molecule has 1 fully saturated rings. The molecule has 0 aliphatic heterocycles. The summed E-state index contributed by atoms with van der Waals surface area (Å²) in [4.78, 5) is 7.74. The molecule has 1 aliphatic carbocycles. The van der Waals surface area contributed by atoms with Crippen molar-refractivity contribution in [2.45, 2.75) is 52.6 Å². The Morgan fingerprint density at radius 2 is 1.90 bits per heavy atom. The topological polar surface area (TPSA) is 84.1 Å². The van der Waals surface area contributed by atoms with E-state index in [1.165, 1.54) is 12.8 Å². The first-order chi connectivity index (χ1) is 14.3. The van der Waals surface area contributed by atoms with Crippen LogP contribution in [-0.4, -0.2) is 30.2 Å². The highest BCUT2D eigenvalue weighted by atomic mass is 32.2. The second kappa shape index (κ2) is 8.30. The lowest BCUT2D eigenvalue weighted by atomic mass is 9.89. The first-order valence-electron chi connectivity index (χ1n) is 10.6. The summed E-state index contributed by atoms with van der Waals surface area (Å²) in [6.45, 7) is 5.87. The lowest BCUT2D eigenvalue weighted by Crippen LogP contribution is -2.23. The van der Waals surface area contributed by atoms with Crippen molar-refractivity contribution in [1.29, 1.82) is 0 Å². The third-order valence-electron chi connectivity index (χ3n) is 5.84. The number of rotatable bonds is 6. The molecule has 2 N–H and O–H groups in total. The van der Waals surface area contributed by atoms with Crippen LogP contribution in [0.4, 0.5) is 5.69 Å². The van der Waals surface area contributed by atoms with Crippen LogP contribution in [0.15, 0.2) is 36.5 Å². The fourth-order valence-electron chi connectivity index (χ4n) is 4.07. The Morgan fingerprint density at radius 3 is 2.63 bits per heavy atom. The minimum Gasteiger partial charge on any atom is -0.490 e. The van der Waals surface area contributed by atoms with E-state index in [1.807, 2.05) is 37.4 Å². The number of sulfonamides is 1. The van der Waals surface area contributed by atoms with Gasteiger partial charge in [-0.3, -0.25) is 4.72 Å². The maximum absolute atomic E-state index is 12.1. The van der Waals surface area contributed by atoms with Crippen LogP contribution in [0.3, 0.4) is 0 Å². The minimum absolute atomic E-state index is 0.0251. The van der Waals surface area contributed by atoms with Crippen molar-refractivity contribution in [2.75, 3.05) is 10.5 Å². The fourth-order valence-corrected chi connectivity index (χ4v) is 4.70. The number of H-pyrrole nitrogens is 1. The summed E-state index contributed by atoms with van der Waals surface area (Å²) in [5.74, 6) is 1.55. The van der Waals surface area contributed by atoms with Crippen LogP contribution in [0.5, 0.6) is 5.75 Å². The van der Waals surface area contributed by atoms with Gasteiger partial charge in [-0.05, 0) is 81.3 Å². The van der Waals surface area contributed by atoms with Gasteiger partial charge in [0.15, 0.2) is 0 Å². The zero-order valence-electron chi connectivity index (χ0n) is 17.7. The van der Waals surface area contributed by atoms with Crippen LogP contribution < -0.4 is 9.46 Å². The molecular weight excluding hydrogens is 398 g/mol. The third kappa shape index (κ3) is 4.46. The number of fused-ring (bicyclic) bond motifs is 1. The largest absolute Gasteiger partial charge is 0.490 e. The van der Waals surface area contributed by atoms with Crippen LogP contribution in [0.2, 0.25) is 0 Å². The first kappa shape index (κ1) is 20.7. The number of aryl methyl sites for hydroxylation is 1. The van der Waals surface area contributed by atoms with Crippen molar-refractivity contribution in [2.24, 2.45) is 5.92 Å². The summed E-state index contributed by atoms with van der Waals surface area (Å²) < 4.78 is 33.4. The van der Waals surface area contributed by atoms with E-state index in [2.05, 4.69) is 21.6 Å². The molecule has 1 aliphatic rings. The Morgan fingerprint density at radius 1 is 1.13 bits per heavy atom. The lowest BCUT2D eigenvalue weighted by Gasteiger charge is -2.28. The van der Waals surface area contributed by atoms with Crippen LogP contribution in [0.1, 0.15) is 45.2 Å². The molecule has 0 saturated heterocycles. The summed E-state index contributed by atoms with van der Waals surface area (Å²) >= 11 is 0. The van der Waals surface area contributed by atoms with Crippen LogP contribution in [0.25, 0.3) is 22.2 Å². The summed E-state index contributed by atoms with van der Waals surface area (Å²) in [6, 6.07) is 9.55. The number of anilines is 1. The van der Waals surface area contributed by atoms with Crippen molar-refractivity contribution >= 4 is 26.7 Å².